The van der Waals surface area contributed by atoms with E-state index in [4.69, 9.17) is 44.1 Å². The number of hydrogen-bond acceptors (Lipinski definition) is 6. The smallest absolute Gasteiger partial charge is 0.337 e. The van der Waals surface area contributed by atoms with Gasteiger partial charge in [-0.2, -0.15) is 0 Å². The molecule has 206 valence electrons. The highest BCUT2D eigenvalue weighted by Crippen LogP contribution is 2.46. The molecule has 1 fully saturated rings. The zero-order valence-corrected chi connectivity index (χ0v) is 23.6. The minimum Gasteiger partial charge on any atom is -0.489 e. The van der Waals surface area contributed by atoms with Gasteiger partial charge in [0.2, 0.25) is 6.41 Å². The third-order valence-corrected chi connectivity index (χ3v) is 7.49. The predicted molar refractivity (Wildman–Crippen MR) is 153 cm³/mol. The molecule has 1 aliphatic carbocycles. The molecule has 0 atom stereocenters. The van der Waals surface area contributed by atoms with Crippen LogP contribution in [0.15, 0.2) is 53.2 Å². The molecule has 2 aromatic heterocycles. The van der Waals surface area contributed by atoms with E-state index in [0.717, 1.165) is 42.3 Å². The van der Waals surface area contributed by atoms with Crippen molar-refractivity contribution in [2.75, 3.05) is 4.90 Å². The second-order valence-electron chi connectivity index (χ2n) is 9.38. The molecular formula is C29H24Cl3N3O5. The molecular weight excluding hydrogens is 577 g/mol. The third kappa shape index (κ3) is 5.66. The molecule has 0 unspecified atom stereocenters. The number of amides is 1. The van der Waals surface area contributed by atoms with Gasteiger partial charge < -0.3 is 14.4 Å². The lowest BCUT2D eigenvalue weighted by atomic mass is 10.0. The Morgan fingerprint density at radius 2 is 1.90 bits per heavy atom. The summed E-state index contributed by atoms with van der Waals surface area (Å²) in [5.41, 5.74) is 3.27. The molecule has 5 rings (SSSR count). The summed E-state index contributed by atoms with van der Waals surface area (Å²) in [5, 5.41) is 14.5. The Bertz CT molecular complexity index is 1570. The van der Waals surface area contributed by atoms with Crippen molar-refractivity contribution in [2.24, 2.45) is 0 Å². The Labute approximate surface area is 245 Å². The Balaban J connectivity index is 1.46. The van der Waals surface area contributed by atoms with Crippen LogP contribution in [-0.2, 0) is 17.8 Å². The standard InChI is InChI=1S/C29H24Cl3N3O5/c1-2-4-17-11-19(9-10-24(17)35(15-36)28-23(32)12-18(13-33-28)29(37)38)39-14-20-26(34-40-27(20)16-7-8-16)25-21(30)5-3-6-22(25)31/h3,5-6,9-13,15-16H,2,4,7-8,14H2,1H3,(H,37,38). The molecule has 4 aromatic rings. The fourth-order valence-corrected chi connectivity index (χ4v) is 5.34. The normalized spacial score (nSPS) is 12.8. The number of carboxylic acids is 1. The van der Waals surface area contributed by atoms with Gasteiger partial charge in [0, 0.05) is 17.7 Å². The number of pyridine rings is 1. The topological polar surface area (TPSA) is 106 Å². The number of carbonyl (C=O) groups excluding carboxylic acids is 1. The summed E-state index contributed by atoms with van der Waals surface area (Å²) in [6.07, 6.45) is 5.23. The number of aromatic nitrogens is 2. The Morgan fingerprint density at radius 1 is 1.15 bits per heavy atom. The molecule has 40 heavy (non-hydrogen) atoms. The molecule has 11 heteroatoms. The van der Waals surface area contributed by atoms with Crippen LogP contribution in [-0.4, -0.2) is 27.6 Å². The summed E-state index contributed by atoms with van der Waals surface area (Å²) in [4.78, 5) is 28.9. The number of nitrogens with zero attached hydrogens (tertiary/aromatic N) is 3. The SMILES string of the molecule is CCCc1cc(OCc2c(-c3c(Cl)cccc3Cl)noc2C2CC2)ccc1N(C=O)c1ncc(C(=O)O)cc1Cl. The van der Waals surface area contributed by atoms with Crippen molar-refractivity contribution in [3.63, 3.8) is 0 Å². The minimum absolute atomic E-state index is 0.0422. The van der Waals surface area contributed by atoms with Crippen molar-refractivity contribution < 1.29 is 24.0 Å². The summed E-state index contributed by atoms with van der Waals surface area (Å²) in [6.45, 7) is 2.20. The van der Waals surface area contributed by atoms with E-state index in [9.17, 15) is 14.7 Å². The van der Waals surface area contributed by atoms with Gasteiger partial charge in [0.1, 0.15) is 23.8 Å². The first kappa shape index (κ1) is 28.0. The van der Waals surface area contributed by atoms with E-state index in [0.29, 0.717) is 45.6 Å². The molecule has 2 aromatic carbocycles. The lowest BCUT2D eigenvalue weighted by Gasteiger charge is -2.22. The highest BCUT2D eigenvalue weighted by molar-refractivity contribution is 6.39. The van der Waals surface area contributed by atoms with Gasteiger partial charge >= 0.3 is 5.97 Å². The number of carboxylic acid groups (broad SMARTS) is 1. The van der Waals surface area contributed by atoms with E-state index in [1.807, 2.05) is 13.0 Å². The maximum absolute atomic E-state index is 12.2. The van der Waals surface area contributed by atoms with E-state index in [1.165, 1.54) is 11.0 Å². The summed E-state index contributed by atoms with van der Waals surface area (Å²) >= 11 is 19.3. The number of halogens is 3. The van der Waals surface area contributed by atoms with Crippen molar-refractivity contribution in [2.45, 2.75) is 45.1 Å². The molecule has 8 nitrogen and oxygen atoms in total. The van der Waals surface area contributed by atoms with Crippen LogP contribution in [0.2, 0.25) is 15.1 Å². The molecule has 0 radical (unpaired) electrons. The van der Waals surface area contributed by atoms with Gasteiger partial charge in [-0.15, -0.1) is 0 Å². The maximum Gasteiger partial charge on any atom is 0.337 e. The second kappa shape index (κ2) is 11.9. The van der Waals surface area contributed by atoms with Gasteiger partial charge in [0.25, 0.3) is 0 Å². The first-order valence-electron chi connectivity index (χ1n) is 12.6. The van der Waals surface area contributed by atoms with Gasteiger partial charge in [-0.1, -0.05) is 59.4 Å². The lowest BCUT2D eigenvalue weighted by molar-refractivity contribution is -0.106. The van der Waals surface area contributed by atoms with Crippen molar-refractivity contribution in [3.8, 4) is 17.0 Å². The summed E-state index contributed by atoms with van der Waals surface area (Å²) < 4.78 is 12.0. The van der Waals surface area contributed by atoms with Crippen molar-refractivity contribution in [1.29, 1.82) is 0 Å². The fourth-order valence-electron chi connectivity index (χ4n) is 4.51. The molecule has 1 aliphatic rings. The van der Waals surface area contributed by atoms with E-state index in [-0.39, 0.29) is 28.9 Å². The average Bonchev–Trinajstić information content (AvgIpc) is 3.69. The van der Waals surface area contributed by atoms with Crippen molar-refractivity contribution >= 4 is 58.7 Å². The number of hydrogen-bond donors (Lipinski definition) is 1. The summed E-state index contributed by atoms with van der Waals surface area (Å²) in [7, 11) is 0. The lowest BCUT2D eigenvalue weighted by Crippen LogP contribution is -2.18. The first-order chi connectivity index (χ1) is 19.3. The van der Waals surface area contributed by atoms with E-state index >= 15 is 0 Å². The van der Waals surface area contributed by atoms with Gasteiger partial charge in [-0.3, -0.25) is 9.69 Å². The number of carbonyl (C=O) groups is 2. The van der Waals surface area contributed by atoms with Crippen LogP contribution >= 0.6 is 34.8 Å². The molecule has 2 heterocycles. The maximum atomic E-state index is 12.2. The van der Waals surface area contributed by atoms with Crippen LogP contribution in [0.25, 0.3) is 11.3 Å². The molecule has 1 saturated carbocycles. The second-order valence-corrected chi connectivity index (χ2v) is 10.6. The summed E-state index contributed by atoms with van der Waals surface area (Å²) in [5.74, 6) is 0.605. The molecule has 0 bridgehead atoms. The number of benzene rings is 2. The number of rotatable bonds is 11. The zero-order valence-electron chi connectivity index (χ0n) is 21.4. The number of anilines is 2. The first-order valence-corrected chi connectivity index (χ1v) is 13.8. The van der Waals surface area contributed by atoms with E-state index < -0.39 is 5.97 Å². The zero-order chi connectivity index (χ0) is 28.4. The van der Waals surface area contributed by atoms with Crippen LogP contribution < -0.4 is 9.64 Å². The Morgan fingerprint density at radius 3 is 2.52 bits per heavy atom. The summed E-state index contributed by atoms with van der Waals surface area (Å²) in [6, 6.07) is 11.9. The Kier molecular flexibility index (Phi) is 8.30. The van der Waals surface area contributed by atoms with Gasteiger partial charge in [0.05, 0.1) is 31.9 Å². The van der Waals surface area contributed by atoms with Crippen LogP contribution in [0.4, 0.5) is 11.5 Å². The van der Waals surface area contributed by atoms with Crippen LogP contribution in [0.5, 0.6) is 5.75 Å². The number of ether oxygens (including phenoxy) is 1. The van der Waals surface area contributed by atoms with Crippen LogP contribution in [0.3, 0.4) is 0 Å². The highest BCUT2D eigenvalue weighted by Gasteiger charge is 2.33. The Hall–Kier alpha value is -3.59. The van der Waals surface area contributed by atoms with Crippen molar-refractivity contribution in [1.82, 2.24) is 10.1 Å². The van der Waals surface area contributed by atoms with Gasteiger partial charge in [0.15, 0.2) is 5.82 Å². The monoisotopic (exact) mass is 599 g/mol. The van der Waals surface area contributed by atoms with Gasteiger partial charge in [-0.25, -0.2) is 9.78 Å². The average molecular weight is 601 g/mol. The molecule has 0 spiro atoms. The fraction of sp³-hybridized carbons (Fsp3) is 0.241. The highest BCUT2D eigenvalue weighted by atomic mass is 35.5. The van der Waals surface area contributed by atoms with E-state index in [2.05, 4.69) is 10.1 Å². The number of aryl methyl sites for hydroxylation is 1. The number of aromatic carboxylic acids is 1. The van der Waals surface area contributed by atoms with E-state index in [1.54, 1.807) is 30.3 Å². The minimum atomic E-state index is -1.16. The van der Waals surface area contributed by atoms with Gasteiger partial charge in [-0.05, 0) is 61.2 Å². The molecule has 0 saturated heterocycles. The quantitative estimate of drug-likeness (QED) is 0.173. The molecule has 1 N–H and O–H groups in total. The largest absolute Gasteiger partial charge is 0.489 e. The molecule has 1 amide bonds. The predicted octanol–water partition coefficient (Wildman–Crippen LogP) is 8.10. The third-order valence-electron chi connectivity index (χ3n) is 6.58. The van der Waals surface area contributed by atoms with Crippen LogP contribution in [0, 0.1) is 0 Å². The van der Waals surface area contributed by atoms with Crippen LogP contribution in [0.1, 0.15) is 59.3 Å². The van der Waals surface area contributed by atoms with Crippen molar-refractivity contribution in [3.05, 3.63) is 86.2 Å². The molecule has 0 aliphatic heterocycles.